The lowest BCUT2D eigenvalue weighted by Gasteiger charge is -2.07. The van der Waals surface area contributed by atoms with Crippen LogP contribution in [-0.4, -0.2) is 16.6 Å². The molecule has 2 heterocycles. The number of hydrogen-bond donors (Lipinski definition) is 1. The van der Waals surface area contributed by atoms with Crippen molar-refractivity contribution in [1.82, 2.24) is 9.97 Å². The van der Waals surface area contributed by atoms with Gasteiger partial charge in [-0.2, -0.15) is 0 Å². The fourth-order valence-corrected chi connectivity index (χ4v) is 2.44. The zero-order valence-electron chi connectivity index (χ0n) is 10.6. The van der Waals surface area contributed by atoms with E-state index in [1.807, 2.05) is 31.5 Å². The van der Waals surface area contributed by atoms with Crippen molar-refractivity contribution in [2.24, 2.45) is 5.73 Å². The minimum atomic E-state index is 0.513. The Hall–Kier alpha value is -1.46. The quantitative estimate of drug-likeness (QED) is 0.898. The van der Waals surface area contributed by atoms with Gasteiger partial charge in [-0.3, -0.25) is 0 Å². The van der Waals surface area contributed by atoms with Gasteiger partial charge in [-0.1, -0.05) is 6.07 Å². The molecule has 18 heavy (non-hydrogen) atoms. The number of rotatable bonds is 5. The van der Waals surface area contributed by atoms with Gasteiger partial charge in [-0.25, -0.2) is 9.97 Å². The van der Waals surface area contributed by atoms with Gasteiger partial charge in [0.1, 0.15) is 0 Å². The molecule has 0 fully saturated rings. The Kier molecular flexibility index (Phi) is 4.28. The van der Waals surface area contributed by atoms with E-state index in [-0.39, 0.29) is 0 Å². The third-order valence-electron chi connectivity index (χ3n) is 2.81. The van der Waals surface area contributed by atoms with Crippen LogP contribution in [-0.2, 0) is 13.0 Å². The second-order valence-corrected chi connectivity index (χ2v) is 5.00. The lowest BCUT2D eigenvalue weighted by molar-refractivity contribution is 0.309. The maximum absolute atomic E-state index is 5.64. The van der Waals surface area contributed by atoms with Crippen LogP contribution in [0.15, 0.2) is 17.6 Å². The van der Waals surface area contributed by atoms with Crippen molar-refractivity contribution in [2.75, 3.05) is 6.61 Å². The van der Waals surface area contributed by atoms with Gasteiger partial charge in [-0.05, 0) is 19.4 Å². The predicted molar refractivity (Wildman–Crippen MR) is 72.9 cm³/mol. The Bertz CT molecular complexity index is 525. The average Bonchev–Trinajstić information content (AvgIpc) is 2.75. The standard InChI is InChI=1S/C13H17N3OS/c1-9-11(7-14)3-4-13(16-9)17-6-5-12-10(2)15-8-18-12/h3-4,8H,5-7,14H2,1-2H3. The monoisotopic (exact) mass is 263 g/mol. The van der Waals surface area contributed by atoms with Crippen molar-refractivity contribution in [3.8, 4) is 5.88 Å². The molecule has 0 atom stereocenters. The van der Waals surface area contributed by atoms with E-state index in [9.17, 15) is 0 Å². The number of pyridine rings is 1. The first-order valence-corrected chi connectivity index (χ1v) is 6.77. The molecule has 2 rings (SSSR count). The zero-order valence-corrected chi connectivity index (χ0v) is 11.5. The van der Waals surface area contributed by atoms with Crippen LogP contribution in [0.3, 0.4) is 0 Å². The number of nitrogens with two attached hydrogens (primary N) is 1. The topological polar surface area (TPSA) is 61.0 Å². The molecule has 5 heteroatoms. The highest BCUT2D eigenvalue weighted by Crippen LogP contribution is 2.15. The van der Waals surface area contributed by atoms with Crippen LogP contribution in [0, 0.1) is 13.8 Å². The number of aryl methyl sites for hydroxylation is 2. The van der Waals surface area contributed by atoms with Crippen molar-refractivity contribution < 1.29 is 4.74 Å². The van der Waals surface area contributed by atoms with Gasteiger partial charge >= 0.3 is 0 Å². The predicted octanol–water partition coefficient (Wildman–Crippen LogP) is 2.24. The Morgan fingerprint density at radius 2 is 2.11 bits per heavy atom. The molecule has 0 aliphatic heterocycles. The average molecular weight is 263 g/mol. The molecular weight excluding hydrogens is 246 g/mol. The molecule has 0 aliphatic rings. The van der Waals surface area contributed by atoms with E-state index in [0.717, 1.165) is 23.4 Å². The van der Waals surface area contributed by atoms with Crippen LogP contribution < -0.4 is 10.5 Å². The maximum Gasteiger partial charge on any atom is 0.213 e. The van der Waals surface area contributed by atoms with Crippen LogP contribution in [0.4, 0.5) is 0 Å². The van der Waals surface area contributed by atoms with Crippen molar-refractivity contribution in [2.45, 2.75) is 26.8 Å². The minimum absolute atomic E-state index is 0.513. The van der Waals surface area contributed by atoms with Crippen molar-refractivity contribution >= 4 is 11.3 Å². The van der Waals surface area contributed by atoms with Gasteiger partial charge in [0.05, 0.1) is 17.8 Å². The van der Waals surface area contributed by atoms with Crippen LogP contribution >= 0.6 is 11.3 Å². The lowest BCUT2D eigenvalue weighted by Crippen LogP contribution is -2.05. The molecule has 0 bridgehead atoms. The molecule has 0 saturated heterocycles. The number of ether oxygens (including phenoxy) is 1. The van der Waals surface area contributed by atoms with Crippen LogP contribution in [0.5, 0.6) is 5.88 Å². The van der Waals surface area contributed by atoms with Gasteiger partial charge < -0.3 is 10.5 Å². The van der Waals surface area contributed by atoms with Crippen molar-refractivity contribution in [3.63, 3.8) is 0 Å². The number of aromatic nitrogens is 2. The Morgan fingerprint density at radius 1 is 1.28 bits per heavy atom. The molecule has 0 aliphatic carbocycles. The van der Waals surface area contributed by atoms with E-state index in [2.05, 4.69) is 9.97 Å². The second kappa shape index (κ2) is 5.93. The highest BCUT2D eigenvalue weighted by atomic mass is 32.1. The largest absolute Gasteiger partial charge is 0.477 e. The summed E-state index contributed by atoms with van der Waals surface area (Å²) in [5, 5.41) is 0. The van der Waals surface area contributed by atoms with Crippen LogP contribution in [0.2, 0.25) is 0 Å². The molecule has 0 amide bonds. The van der Waals surface area contributed by atoms with E-state index in [0.29, 0.717) is 19.0 Å². The van der Waals surface area contributed by atoms with Crippen molar-refractivity contribution in [3.05, 3.63) is 39.5 Å². The summed E-state index contributed by atoms with van der Waals surface area (Å²) >= 11 is 1.67. The zero-order chi connectivity index (χ0) is 13.0. The van der Waals surface area contributed by atoms with Crippen LogP contribution in [0.25, 0.3) is 0 Å². The molecule has 0 spiro atoms. The number of hydrogen-bond acceptors (Lipinski definition) is 5. The summed E-state index contributed by atoms with van der Waals surface area (Å²) in [6.45, 7) is 5.10. The van der Waals surface area contributed by atoms with Gasteiger partial charge in [0.2, 0.25) is 5.88 Å². The molecular formula is C13H17N3OS. The molecule has 2 N–H and O–H groups in total. The first-order chi connectivity index (χ1) is 8.70. The lowest BCUT2D eigenvalue weighted by atomic mass is 10.2. The summed E-state index contributed by atoms with van der Waals surface area (Å²) < 4.78 is 5.64. The fraction of sp³-hybridized carbons (Fsp3) is 0.385. The second-order valence-electron chi connectivity index (χ2n) is 4.06. The third-order valence-corrected chi connectivity index (χ3v) is 3.81. The summed E-state index contributed by atoms with van der Waals surface area (Å²) in [7, 11) is 0. The highest BCUT2D eigenvalue weighted by molar-refractivity contribution is 7.09. The molecule has 2 aromatic heterocycles. The summed E-state index contributed by atoms with van der Waals surface area (Å²) in [4.78, 5) is 9.85. The van der Waals surface area contributed by atoms with Gasteiger partial charge in [0.25, 0.3) is 0 Å². The molecule has 0 saturated carbocycles. The van der Waals surface area contributed by atoms with E-state index < -0.39 is 0 Å². The summed E-state index contributed by atoms with van der Waals surface area (Å²) in [6.07, 6.45) is 0.871. The molecule has 96 valence electrons. The van der Waals surface area contributed by atoms with Crippen LogP contribution in [0.1, 0.15) is 21.8 Å². The van der Waals surface area contributed by atoms with E-state index in [1.54, 1.807) is 11.3 Å². The Labute approximate surface area is 111 Å². The van der Waals surface area contributed by atoms with E-state index >= 15 is 0 Å². The smallest absolute Gasteiger partial charge is 0.213 e. The first kappa shape index (κ1) is 13.0. The number of thiazole rings is 1. The first-order valence-electron chi connectivity index (χ1n) is 5.89. The maximum atomic E-state index is 5.64. The van der Waals surface area contributed by atoms with Crippen molar-refractivity contribution in [1.29, 1.82) is 0 Å². The fourth-order valence-electron chi connectivity index (χ4n) is 1.68. The van der Waals surface area contributed by atoms with E-state index in [4.69, 9.17) is 10.5 Å². The minimum Gasteiger partial charge on any atom is -0.477 e. The summed E-state index contributed by atoms with van der Waals surface area (Å²) in [5.74, 6) is 0.659. The molecule has 0 aromatic carbocycles. The van der Waals surface area contributed by atoms with Gasteiger partial charge in [0, 0.05) is 29.6 Å². The molecule has 0 radical (unpaired) electrons. The van der Waals surface area contributed by atoms with Gasteiger partial charge in [0.15, 0.2) is 0 Å². The molecule has 4 nitrogen and oxygen atoms in total. The Balaban J connectivity index is 1.91. The molecule has 0 unspecified atom stereocenters. The van der Waals surface area contributed by atoms with Gasteiger partial charge in [-0.15, -0.1) is 11.3 Å². The normalized spacial score (nSPS) is 10.6. The molecule has 2 aromatic rings. The third kappa shape index (κ3) is 3.05. The van der Waals surface area contributed by atoms with E-state index in [1.165, 1.54) is 4.88 Å². The highest BCUT2D eigenvalue weighted by Gasteiger charge is 2.04. The Morgan fingerprint density at radius 3 is 2.72 bits per heavy atom. The summed E-state index contributed by atoms with van der Waals surface area (Å²) in [6, 6.07) is 3.84. The summed E-state index contributed by atoms with van der Waals surface area (Å²) in [5.41, 5.74) is 10.5. The number of nitrogens with zero attached hydrogens (tertiary/aromatic N) is 2. The SMILES string of the molecule is Cc1nc(OCCc2scnc2C)ccc1CN.